The molecule has 2 aromatic carbocycles. The zero-order valence-electron chi connectivity index (χ0n) is 13.6. The van der Waals surface area contributed by atoms with Crippen LogP contribution in [0.2, 0.25) is 10.0 Å². The number of hydrogen-bond acceptors (Lipinski definition) is 3. The maximum Gasteiger partial charge on any atom is 0.243 e. The molecule has 0 unspecified atom stereocenters. The fourth-order valence-corrected chi connectivity index (χ4v) is 2.38. The van der Waals surface area contributed by atoms with E-state index in [9.17, 15) is 4.79 Å². The quantitative estimate of drug-likeness (QED) is 0.718. The molecule has 2 N–H and O–H groups in total. The summed E-state index contributed by atoms with van der Waals surface area (Å²) in [7, 11) is 0. The lowest BCUT2D eigenvalue weighted by Gasteiger charge is -2.12. The van der Waals surface area contributed by atoms with Gasteiger partial charge in [-0.2, -0.15) is 0 Å². The molecular formula is C18H20Cl2N2O2. The monoisotopic (exact) mass is 366 g/mol. The Morgan fingerprint density at radius 2 is 1.96 bits per heavy atom. The van der Waals surface area contributed by atoms with Gasteiger partial charge < -0.3 is 15.4 Å². The fourth-order valence-electron chi connectivity index (χ4n) is 1.93. The summed E-state index contributed by atoms with van der Waals surface area (Å²) in [5.74, 6) is 1.03. The molecule has 2 aromatic rings. The Morgan fingerprint density at radius 1 is 1.17 bits per heavy atom. The first-order chi connectivity index (χ1) is 11.4. The van der Waals surface area contributed by atoms with E-state index in [1.54, 1.807) is 18.2 Å². The molecule has 0 fully saturated rings. The van der Waals surface area contributed by atoms with Gasteiger partial charge in [-0.1, -0.05) is 43.1 Å². The van der Waals surface area contributed by atoms with Crippen molar-refractivity contribution >= 4 is 40.5 Å². The van der Waals surface area contributed by atoms with Gasteiger partial charge in [0.05, 0.1) is 23.9 Å². The molecule has 0 aliphatic rings. The van der Waals surface area contributed by atoms with Gasteiger partial charge in [-0.3, -0.25) is 4.79 Å². The van der Waals surface area contributed by atoms with Crippen molar-refractivity contribution in [3.05, 3.63) is 52.5 Å². The molecule has 0 saturated heterocycles. The Bertz CT molecular complexity index is 705. The van der Waals surface area contributed by atoms with E-state index in [4.69, 9.17) is 27.9 Å². The fraction of sp³-hybridized carbons (Fsp3) is 0.278. The number of amides is 1. The normalized spacial score (nSPS) is 10.5. The van der Waals surface area contributed by atoms with Gasteiger partial charge in [-0.25, -0.2) is 0 Å². The Kier molecular flexibility index (Phi) is 6.76. The van der Waals surface area contributed by atoms with Crippen LogP contribution in [0.1, 0.15) is 13.8 Å². The van der Waals surface area contributed by atoms with Gasteiger partial charge in [-0.05, 0) is 36.2 Å². The minimum atomic E-state index is -0.201. The van der Waals surface area contributed by atoms with Crippen molar-refractivity contribution in [2.75, 3.05) is 23.8 Å². The zero-order chi connectivity index (χ0) is 17.5. The SMILES string of the molecule is CC(C)COc1cccc(NCC(=O)Nc2ccc(Cl)cc2Cl)c1. The predicted molar refractivity (Wildman–Crippen MR) is 100 cm³/mol. The van der Waals surface area contributed by atoms with Gasteiger partial charge in [0.2, 0.25) is 5.91 Å². The number of hydrogen-bond donors (Lipinski definition) is 2. The van der Waals surface area contributed by atoms with Crippen LogP contribution in [0, 0.1) is 5.92 Å². The van der Waals surface area contributed by atoms with Crippen LogP contribution in [0.15, 0.2) is 42.5 Å². The van der Waals surface area contributed by atoms with Gasteiger partial charge in [0.1, 0.15) is 5.75 Å². The summed E-state index contributed by atoms with van der Waals surface area (Å²) < 4.78 is 5.67. The van der Waals surface area contributed by atoms with Crippen LogP contribution in [0.5, 0.6) is 5.75 Å². The zero-order valence-corrected chi connectivity index (χ0v) is 15.1. The second kappa shape index (κ2) is 8.81. The molecule has 0 radical (unpaired) electrons. The summed E-state index contributed by atoms with van der Waals surface area (Å²) >= 11 is 11.9. The lowest BCUT2D eigenvalue weighted by atomic mass is 10.2. The first-order valence-electron chi connectivity index (χ1n) is 7.65. The average Bonchev–Trinajstić information content (AvgIpc) is 2.54. The van der Waals surface area contributed by atoms with Crippen molar-refractivity contribution in [2.24, 2.45) is 5.92 Å². The molecule has 6 heteroatoms. The van der Waals surface area contributed by atoms with E-state index in [1.165, 1.54) is 0 Å². The summed E-state index contributed by atoms with van der Waals surface area (Å²) in [6, 6.07) is 12.4. The van der Waals surface area contributed by atoms with E-state index >= 15 is 0 Å². The number of benzene rings is 2. The van der Waals surface area contributed by atoms with Gasteiger partial charge in [0.25, 0.3) is 0 Å². The highest BCUT2D eigenvalue weighted by atomic mass is 35.5. The first-order valence-corrected chi connectivity index (χ1v) is 8.41. The largest absolute Gasteiger partial charge is 0.493 e. The number of anilines is 2. The Hall–Kier alpha value is -1.91. The van der Waals surface area contributed by atoms with Gasteiger partial charge in [0, 0.05) is 16.8 Å². The summed E-state index contributed by atoms with van der Waals surface area (Å²) in [6.07, 6.45) is 0. The van der Waals surface area contributed by atoms with Crippen molar-refractivity contribution in [3.8, 4) is 5.75 Å². The van der Waals surface area contributed by atoms with Crippen molar-refractivity contribution in [2.45, 2.75) is 13.8 Å². The van der Waals surface area contributed by atoms with Gasteiger partial charge in [0.15, 0.2) is 0 Å². The van der Waals surface area contributed by atoms with Crippen molar-refractivity contribution in [1.82, 2.24) is 0 Å². The van der Waals surface area contributed by atoms with Crippen LogP contribution in [-0.4, -0.2) is 19.1 Å². The molecule has 0 saturated carbocycles. The van der Waals surface area contributed by atoms with Crippen LogP contribution >= 0.6 is 23.2 Å². The molecule has 2 rings (SSSR count). The second-order valence-corrected chi connectivity index (χ2v) is 6.60. The minimum absolute atomic E-state index is 0.118. The molecular weight excluding hydrogens is 347 g/mol. The first kappa shape index (κ1) is 18.4. The molecule has 0 aromatic heterocycles. The molecule has 0 bridgehead atoms. The highest BCUT2D eigenvalue weighted by Gasteiger charge is 2.07. The summed E-state index contributed by atoms with van der Waals surface area (Å²) in [6.45, 7) is 4.95. The molecule has 0 spiro atoms. The van der Waals surface area contributed by atoms with Gasteiger partial charge >= 0.3 is 0 Å². The number of carbonyl (C=O) groups excluding carboxylic acids is 1. The highest BCUT2D eigenvalue weighted by molar-refractivity contribution is 6.36. The second-order valence-electron chi connectivity index (χ2n) is 5.76. The maximum atomic E-state index is 12.0. The molecule has 1 amide bonds. The Labute approximate surface area is 152 Å². The van der Waals surface area contributed by atoms with Crippen molar-refractivity contribution < 1.29 is 9.53 Å². The molecule has 0 aliphatic heterocycles. The standard InChI is InChI=1S/C18H20Cl2N2O2/c1-12(2)11-24-15-5-3-4-14(9-15)21-10-18(23)22-17-7-6-13(19)8-16(17)20/h3-9,12,21H,10-11H2,1-2H3,(H,22,23). The minimum Gasteiger partial charge on any atom is -0.493 e. The average molecular weight is 367 g/mol. The predicted octanol–water partition coefficient (Wildman–Crippen LogP) is 5.08. The van der Waals surface area contributed by atoms with Crippen LogP contribution in [0.3, 0.4) is 0 Å². The molecule has 128 valence electrons. The van der Waals surface area contributed by atoms with Crippen LogP contribution < -0.4 is 15.4 Å². The number of rotatable bonds is 7. The third-order valence-corrected chi connectivity index (χ3v) is 3.62. The number of carbonyl (C=O) groups is 1. The number of nitrogens with one attached hydrogen (secondary N) is 2. The Morgan fingerprint density at radius 3 is 2.67 bits per heavy atom. The van der Waals surface area contributed by atoms with E-state index in [2.05, 4.69) is 24.5 Å². The molecule has 0 aliphatic carbocycles. The van der Waals surface area contributed by atoms with E-state index in [-0.39, 0.29) is 12.5 Å². The third-order valence-electron chi connectivity index (χ3n) is 3.08. The van der Waals surface area contributed by atoms with E-state index in [0.29, 0.717) is 28.3 Å². The van der Waals surface area contributed by atoms with Crippen LogP contribution in [0.25, 0.3) is 0 Å². The summed E-state index contributed by atoms with van der Waals surface area (Å²) in [5.41, 5.74) is 1.34. The van der Waals surface area contributed by atoms with E-state index in [1.807, 2.05) is 24.3 Å². The molecule has 0 atom stereocenters. The van der Waals surface area contributed by atoms with Crippen molar-refractivity contribution in [3.63, 3.8) is 0 Å². The molecule has 24 heavy (non-hydrogen) atoms. The molecule has 0 heterocycles. The van der Waals surface area contributed by atoms with E-state index < -0.39 is 0 Å². The third kappa shape index (κ3) is 5.95. The number of halogens is 2. The maximum absolute atomic E-state index is 12.0. The van der Waals surface area contributed by atoms with E-state index in [0.717, 1.165) is 11.4 Å². The summed E-state index contributed by atoms with van der Waals surface area (Å²) in [4.78, 5) is 12.0. The van der Waals surface area contributed by atoms with Gasteiger partial charge in [-0.15, -0.1) is 0 Å². The topological polar surface area (TPSA) is 50.4 Å². The lowest BCUT2D eigenvalue weighted by molar-refractivity contribution is -0.114. The van der Waals surface area contributed by atoms with Crippen LogP contribution in [-0.2, 0) is 4.79 Å². The smallest absolute Gasteiger partial charge is 0.243 e. The molecule has 4 nitrogen and oxygen atoms in total. The lowest BCUT2D eigenvalue weighted by Crippen LogP contribution is -2.21. The number of ether oxygens (including phenoxy) is 1. The highest BCUT2D eigenvalue weighted by Crippen LogP contribution is 2.25. The van der Waals surface area contributed by atoms with Crippen LogP contribution in [0.4, 0.5) is 11.4 Å². The summed E-state index contributed by atoms with van der Waals surface area (Å²) in [5, 5.41) is 6.73. The Balaban J connectivity index is 1.88. The van der Waals surface area contributed by atoms with Crippen molar-refractivity contribution in [1.29, 1.82) is 0 Å².